The summed E-state index contributed by atoms with van der Waals surface area (Å²) in [5.41, 5.74) is 0.316. The number of hydrogen-bond acceptors (Lipinski definition) is 7. The summed E-state index contributed by atoms with van der Waals surface area (Å²) in [6, 6.07) is 9.63. The number of nitrogens with zero attached hydrogens (tertiary/aromatic N) is 1. The van der Waals surface area contributed by atoms with E-state index < -0.39 is 23.5 Å². The number of esters is 2. The molecule has 8 heteroatoms. The Kier molecular flexibility index (Phi) is 5.27. The summed E-state index contributed by atoms with van der Waals surface area (Å²) in [4.78, 5) is 41.1. The lowest BCUT2D eigenvalue weighted by Gasteiger charge is -2.23. The first kappa shape index (κ1) is 19.0. The van der Waals surface area contributed by atoms with Crippen molar-refractivity contribution in [2.75, 3.05) is 12.4 Å². The van der Waals surface area contributed by atoms with Crippen LogP contribution in [0.3, 0.4) is 0 Å². The van der Waals surface area contributed by atoms with Crippen LogP contribution in [0.4, 0.5) is 5.13 Å². The van der Waals surface area contributed by atoms with Crippen molar-refractivity contribution in [2.24, 2.45) is 5.92 Å². The third-order valence-electron chi connectivity index (χ3n) is 4.42. The van der Waals surface area contributed by atoms with E-state index in [0.717, 1.165) is 5.56 Å². The molecule has 1 aromatic heterocycles. The van der Waals surface area contributed by atoms with Gasteiger partial charge in [-0.25, -0.2) is 9.78 Å². The molecule has 1 aliphatic rings. The fraction of sp³-hybridized carbons (Fsp3) is 0.368. The fourth-order valence-electron chi connectivity index (χ4n) is 2.98. The van der Waals surface area contributed by atoms with E-state index >= 15 is 0 Å². The van der Waals surface area contributed by atoms with E-state index in [4.69, 9.17) is 9.47 Å². The average molecular weight is 388 g/mol. The zero-order chi connectivity index (χ0) is 19.6. The van der Waals surface area contributed by atoms with Crippen molar-refractivity contribution in [3.05, 3.63) is 46.5 Å². The first-order valence-electron chi connectivity index (χ1n) is 8.45. The number of benzene rings is 1. The summed E-state index contributed by atoms with van der Waals surface area (Å²) in [5.74, 6) is -1.94. The molecule has 0 saturated carbocycles. The highest BCUT2D eigenvalue weighted by Gasteiger charge is 2.46. The number of thiazole rings is 1. The maximum absolute atomic E-state index is 12.6. The molecule has 1 unspecified atom stereocenters. The maximum Gasteiger partial charge on any atom is 0.357 e. The number of hydrogen-bond donors (Lipinski definition) is 1. The summed E-state index contributed by atoms with van der Waals surface area (Å²) < 4.78 is 10.0. The molecule has 1 fully saturated rings. The highest BCUT2D eigenvalue weighted by Crippen LogP contribution is 2.34. The molecule has 1 aliphatic heterocycles. The molecule has 2 aromatic rings. The maximum atomic E-state index is 12.6. The van der Waals surface area contributed by atoms with Gasteiger partial charge in [-0.05, 0) is 19.4 Å². The van der Waals surface area contributed by atoms with E-state index in [2.05, 4.69) is 10.3 Å². The number of carbonyl (C=O) groups is 3. The van der Waals surface area contributed by atoms with Gasteiger partial charge >= 0.3 is 11.9 Å². The predicted octanol–water partition coefficient (Wildman–Crippen LogP) is 2.80. The minimum atomic E-state index is -0.878. The zero-order valence-electron chi connectivity index (χ0n) is 15.3. The number of amides is 1. The minimum Gasteiger partial charge on any atom is -0.464 e. The van der Waals surface area contributed by atoms with Gasteiger partial charge in [-0.2, -0.15) is 0 Å². The quantitative estimate of drug-likeness (QED) is 0.792. The SMILES string of the molecule is COC(=O)c1nc(NC(=O)C2CC(=O)OC2(C)C)sc1Cc1ccccc1. The predicted molar refractivity (Wildman–Crippen MR) is 99.6 cm³/mol. The summed E-state index contributed by atoms with van der Waals surface area (Å²) >= 11 is 1.22. The Labute approximate surface area is 160 Å². The molecular formula is C19H20N2O5S. The van der Waals surface area contributed by atoms with Crippen molar-refractivity contribution >= 4 is 34.3 Å². The molecule has 3 rings (SSSR count). The lowest BCUT2D eigenvalue weighted by Crippen LogP contribution is -2.36. The normalized spacial score (nSPS) is 18.0. The molecule has 1 aromatic carbocycles. The number of rotatable bonds is 5. The molecule has 1 saturated heterocycles. The number of carbonyl (C=O) groups excluding carboxylic acids is 3. The molecule has 7 nitrogen and oxygen atoms in total. The molecule has 0 aliphatic carbocycles. The molecule has 142 valence electrons. The molecule has 2 heterocycles. The van der Waals surface area contributed by atoms with Crippen LogP contribution in [-0.4, -0.2) is 35.5 Å². The monoisotopic (exact) mass is 388 g/mol. The molecule has 0 bridgehead atoms. The van der Waals surface area contributed by atoms with Gasteiger partial charge in [0.1, 0.15) is 5.60 Å². The summed E-state index contributed by atoms with van der Waals surface area (Å²) in [7, 11) is 1.29. The van der Waals surface area contributed by atoms with Crippen LogP contribution in [0.5, 0.6) is 0 Å². The van der Waals surface area contributed by atoms with Gasteiger partial charge in [0.05, 0.1) is 19.4 Å². The van der Waals surface area contributed by atoms with Gasteiger partial charge < -0.3 is 14.8 Å². The molecule has 1 amide bonds. The Morgan fingerprint density at radius 3 is 2.63 bits per heavy atom. The molecule has 1 atom stereocenters. The Balaban J connectivity index is 1.83. The highest BCUT2D eigenvalue weighted by atomic mass is 32.1. The smallest absolute Gasteiger partial charge is 0.357 e. The Morgan fingerprint density at radius 1 is 1.33 bits per heavy atom. The van der Waals surface area contributed by atoms with Crippen LogP contribution in [0.25, 0.3) is 0 Å². The van der Waals surface area contributed by atoms with Gasteiger partial charge in [0.2, 0.25) is 5.91 Å². The second kappa shape index (κ2) is 7.48. The van der Waals surface area contributed by atoms with Crippen molar-refractivity contribution in [1.82, 2.24) is 4.98 Å². The Bertz CT molecular complexity index is 875. The molecule has 27 heavy (non-hydrogen) atoms. The van der Waals surface area contributed by atoms with E-state index in [-0.39, 0.29) is 18.0 Å². The van der Waals surface area contributed by atoms with Gasteiger partial charge in [-0.15, -0.1) is 11.3 Å². The van der Waals surface area contributed by atoms with E-state index in [1.807, 2.05) is 30.3 Å². The largest absolute Gasteiger partial charge is 0.464 e. The van der Waals surface area contributed by atoms with Gasteiger partial charge in [-0.1, -0.05) is 30.3 Å². The van der Waals surface area contributed by atoms with Crippen LogP contribution in [0.1, 0.15) is 41.2 Å². The second-order valence-electron chi connectivity index (χ2n) is 6.77. The summed E-state index contributed by atoms with van der Waals surface area (Å²) in [5, 5.41) is 3.01. The topological polar surface area (TPSA) is 94.6 Å². The van der Waals surface area contributed by atoms with Crippen molar-refractivity contribution < 1.29 is 23.9 Å². The number of anilines is 1. The van der Waals surface area contributed by atoms with Crippen LogP contribution in [0.2, 0.25) is 0 Å². The van der Waals surface area contributed by atoms with Gasteiger partial charge in [0, 0.05) is 11.3 Å². The third kappa shape index (κ3) is 4.16. The number of nitrogens with one attached hydrogen (secondary N) is 1. The second-order valence-corrected chi connectivity index (χ2v) is 7.85. The minimum absolute atomic E-state index is 0.0188. The van der Waals surface area contributed by atoms with Gasteiger partial charge in [0.25, 0.3) is 0 Å². The summed E-state index contributed by atoms with van der Waals surface area (Å²) in [6.07, 6.45) is 0.514. The van der Waals surface area contributed by atoms with Crippen molar-refractivity contribution in [3.8, 4) is 0 Å². The number of aromatic nitrogens is 1. The molecule has 0 radical (unpaired) electrons. The lowest BCUT2D eigenvalue weighted by molar-refractivity contribution is -0.147. The zero-order valence-corrected chi connectivity index (χ0v) is 16.1. The third-order valence-corrected chi connectivity index (χ3v) is 5.39. The van der Waals surface area contributed by atoms with Crippen LogP contribution in [0, 0.1) is 5.92 Å². The van der Waals surface area contributed by atoms with E-state index in [0.29, 0.717) is 16.4 Å². The van der Waals surface area contributed by atoms with E-state index in [1.165, 1.54) is 18.4 Å². The average Bonchev–Trinajstić information content (AvgIpc) is 3.14. The Morgan fingerprint density at radius 2 is 2.04 bits per heavy atom. The van der Waals surface area contributed by atoms with Crippen LogP contribution in [0.15, 0.2) is 30.3 Å². The molecule has 0 spiro atoms. The van der Waals surface area contributed by atoms with Crippen LogP contribution >= 0.6 is 11.3 Å². The van der Waals surface area contributed by atoms with Crippen LogP contribution < -0.4 is 5.32 Å². The highest BCUT2D eigenvalue weighted by molar-refractivity contribution is 7.16. The standard InChI is InChI=1S/C19H20N2O5S/c1-19(2)12(10-14(22)26-19)16(23)21-18-20-15(17(24)25-3)13(27-18)9-11-7-5-4-6-8-11/h4-8,12H,9-10H2,1-3H3,(H,20,21,23). The van der Waals surface area contributed by atoms with E-state index in [1.54, 1.807) is 13.8 Å². The summed E-state index contributed by atoms with van der Waals surface area (Å²) in [6.45, 7) is 3.40. The molecular weight excluding hydrogens is 368 g/mol. The number of methoxy groups -OCH3 is 1. The Hall–Kier alpha value is -2.74. The first-order valence-corrected chi connectivity index (χ1v) is 9.26. The van der Waals surface area contributed by atoms with Crippen molar-refractivity contribution in [2.45, 2.75) is 32.3 Å². The van der Waals surface area contributed by atoms with Gasteiger partial charge in [0.15, 0.2) is 10.8 Å². The first-order chi connectivity index (χ1) is 12.8. The number of cyclic esters (lactones) is 1. The van der Waals surface area contributed by atoms with Crippen LogP contribution in [-0.2, 0) is 25.5 Å². The molecule has 1 N–H and O–H groups in total. The van der Waals surface area contributed by atoms with E-state index in [9.17, 15) is 14.4 Å². The number of ether oxygens (including phenoxy) is 2. The fourth-order valence-corrected chi connectivity index (χ4v) is 3.97. The van der Waals surface area contributed by atoms with Gasteiger partial charge in [-0.3, -0.25) is 9.59 Å². The van der Waals surface area contributed by atoms with Crippen molar-refractivity contribution in [1.29, 1.82) is 0 Å². The van der Waals surface area contributed by atoms with Crippen molar-refractivity contribution in [3.63, 3.8) is 0 Å². The lowest BCUT2D eigenvalue weighted by atomic mass is 9.90.